The normalized spacial score (nSPS) is 20.7. The van der Waals surface area contributed by atoms with Crippen molar-refractivity contribution in [3.63, 3.8) is 0 Å². The van der Waals surface area contributed by atoms with Crippen molar-refractivity contribution >= 4 is 5.97 Å². The first-order valence-corrected chi connectivity index (χ1v) is 7.07. The number of methoxy groups -OCH3 is 1. The summed E-state index contributed by atoms with van der Waals surface area (Å²) in [5, 5.41) is 10.6. The van der Waals surface area contributed by atoms with Crippen LogP contribution in [0, 0.1) is 0 Å². The van der Waals surface area contributed by atoms with Crippen molar-refractivity contribution in [3.8, 4) is 5.75 Å². The first-order chi connectivity index (χ1) is 9.50. The zero-order chi connectivity index (χ0) is 14.8. The SMILES string of the molecule is CCOC(=O)C(C)(O)C1CCCc2ccc(OC)cc21. The highest BCUT2D eigenvalue weighted by atomic mass is 16.5. The predicted octanol–water partition coefficient (Wildman–Crippen LogP) is 2.43. The Morgan fingerprint density at radius 1 is 1.50 bits per heavy atom. The lowest BCUT2D eigenvalue weighted by atomic mass is 9.74. The first-order valence-electron chi connectivity index (χ1n) is 7.07. The summed E-state index contributed by atoms with van der Waals surface area (Å²) in [6.07, 6.45) is 2.69. The van der Waals surface area contributed by atoms with E-state index in [9.17, 15) is 9.90 Å². The fourth-order valence-corrected chi connectivity index (χ4v) is 2.91. The summed E-state index contributed by atoms with van der Waals surface area (Å²) in [5.41, 5.74) is 0.664. The Morgan fingerprint density at radius 3 is 2.90 bits per heavy atom. The van der Waals surface area contributed by atoms with E-state index >= 15 is 0 Å². The molecule has 2 rings (SSSR count). The number of rotatable bonds is 4. The molecule has 2 unspecified atom stereocenters. The predicted molar refractivity (Wildman–Crippen MR) is 75.9 cm³/mol. The van der Waals surface area contributed by atoms with Crippen LogP contribution in [-0.4, -0.2) is 30.4 Å². The summed E-state index contributed by atoms with van der Waals surface area (Å²) in [6, 6.07) is 5.86. The van der Waals surface area contributed by atoms with Gasteiger partial charge in [-0.3, -0.25) is 0 Å². The molecule has 4 nitrogen and oxygen atoms in total. The largest absolute Gasteiger partial charge is 0.497 e. The summed E-state index contributed by atoms with van der Waals surface area (Å²) in [7, 11) is 1.61. The number of hydrogen-bond donors (Lipinski definition) is 1. The van der Waals surface area contributed by atoms with Crippen LogP contribution in [0.4, 0.5) is 0 Å². The first kappa shape index (κ1) is 14.9. The van der Waals surface area contributed by atoms with Crippen LogP contribution in [0.2, 0.25) is 0 Å². The van der Waals surface area contributed by atoms with Crippen molar-refractivity contribution in [2.45, 2.75) is 44.6 Å². The standard InChI is InChI=1S/C16H22O4/c1-4-20-15(17)16(2,18)14-7-5-6-11-8-9-12(19-3)10-13(11)14/h8-10,14,18H,4-7H2,1-3H3. The third-order valence-electron chi connectivity index (χ3n) is 4.03. The Bertz CT molecular complexity index is 493. The Kier molecular flexibility index (Phi) is 4.33. The van der Waals surface area contributed by atoms with Crippen molar-refractivity contribution in [1.82, 2.24) is 0 Å². The number of carbonyl (C=O) groups is 1. The van der Waals surface area contributed by atoms with E-state index < -0.39 is 11.6 Å². The lowest BCUT2D eigenvalue weighted by Crippen LogP contribution is -2.44. The van der Waals surface area contributed by atoms with Gasteiger partial charge in [-0.15, -0.1) is 0 Å². The highest BCUT2D eigenvalue weighted by Gasteiger charge is 2.43. The molecule has 1 aliphatic rings. The number of aliphatic hydroxyl groups is 1. The third-order valence-corrected chi connectivity index (χ3v) is 4.03. The Labute approximate surface area is 119 Å². The minimum absolute atomic E-state index is 0.250. The second kappa shape index (κ2) is 5.83. The van der Waals surface area contributed by atoms with Crippen LogP contribution in [-0.2, 0) is 16.0 Å². The number of benzene rings is 1. The molecule has 20 heavy (non-hydrogen) atoms. The van der Waals surface area contributed by atoms with Gasteiger partial charge in [0, 0.05) is 5.92 Å². The minimum atomic E-state index is -1.50. The van der Waals surface area contributed by atoms with Crippen LogP contribution in [0.15, 0.2) is 18.2 Å². The molecule has 0 saturated heterocycles. The van der Waals surface area contributed by atoms with Gasteiger partial charge in [-0.25, -0.2) is 4.79 Å². The molecule has 1 aliphatic carbocycles. The molecule has 0 aromatic heterocycles. The van der Waals surface area contributed by atoms with Gasteiger partial charge < -0.3 is 14.6 Å². The van der Waals surface area contributed by atoms with Crippen molar-refractivity contribution < 1.29 is 19.4 Å². The fourth-order valence-electron chi connectivity index (χ4n) is 2.91. The van der Waals surface area contributed by atoms with Crippen molar-refractivity contribution in [3.05, 3.63) is 29.3 Å². The number of carbonyl (C=O) groups excluding carboxylic acids is 1. The molecule has 0 fully saturated rings. The summed E-state index contributed by atoms with van der Waals surface area (Å²) in [5.74, 6) is -0.0589. The molecule has 1 aromatic carbocycles. The second-order valence-electron chi connectivity index (χ2n) is 5.38. The average molecular weight is 278 g/mol. The van der Waals surface area contributed by atoms with Crippen LogP contribution in [0.25, 0.3) is 0 Å². The van der Waals surface area contributed by atoms with Gasteiger partial charge in [-0.05, 0) is 56.4 Å². The maximum Gasteiger partial charge on any atom is 0.338 e. The molecule has 110 valence electrons. The maximum absolute atomic E-state index is 12.0. The monoisotopic (exact) mass is 278 g/mol. The van der Waals surface area contributed by atoms with Gasteiger partial charge in [0.05, 0.1) is 13.7 Å². The van der Waals surface area contributed by atoms with Crippen molar-refractivity contribution in [2.75, 3.05) is 13.7 Å². The van der Waals surface area contributed by atoms with Crippen LogP contribution in [0.5, 0.6) is 5.75 Å². The van der Waals surface area contributed by atoms with Crippen molar-refractivity contribution in [1.29, 1.82) is 0 Å². The molecule has 1 aromatic rings. The third kappa shape index (κ3) is 2.66. The molecule has 0 spiro atoms. The number of ether oxygens (including phenoxy) is 2. The zero-order valence-electron chi connectivity index (χ0n) is 12.3. The van der Waals surface area contributed by atoms with Gasteiger partial charge in [0.25, 0.3) is 0 Å². The van der Waals surface area contributed by atoms with Crippen LogP contribution < -0.4 is 4.74 Å². The van der Waals surface area contributed by atoms with Gasteiger partial charge in [0.1, 0.15) is 5.75 Å². The molecular formula is C16H22O4. The van der Waals surface area contributed by atoms with Gasteiger partial charge in [-0.2, -0.15) is 0 Å². The van der Waals surface area contributed by atoms with Crippen LogP contribution in [0.1, 0.15) is 43.7 Å². The number of aryl methyl sites for hydroxylation is 1. The molecule has 0 bridgehead atoms. The van der Waals surface area contributed by atoms with Gasteiger partial charge in [0.2, 0.25) is 0 Å². The number of esters is 1. The quantitative estimate of drug-likeness (QED) is 0.859. The van der Waals surface area contributed by atoms with E-state index in [1.165, 1.54) is 5.56 Å². The molecule has 0 radical (unpaired) electrons. The summed E-state index contributed by atoms with van der Waals surface area (Å²) in [4.78, 5) is 12.0. The van der Waals surface area contributed by atoms with E-state index in [1.54, 1.807) is 21.0 Å². The van der Waals surface area contributed by atoms with Gasteiger partial charge in [0.15, 0.2) is 5.60 Å². The van der Waals surface area contributed by atoms with Gasteiger partial charge >= 0.3 is 5.97 Å². The zero-order valence-corrected chi connectivity index (χ0v) is 12.3. The summed E-state index contributed by atoms with van der Waals surface area (Å²) in [6.45, 7) is 3.56. The average Bonchev–Trinajstić information content (AvgIpc) is 2.46. The van der Waals surface area contributed by atoms with Gasteiger partial charge in [-0.1, -0.05) is 6.07 Å². The smallest absolute Gasteiger partial charge is 0.338 e. The van der Waals surface area contributed by atoms with E-state index in [-0.39, 0.29) is 12.5 Å². The molecule has 1 N–H and O–H groups in total. The van der Waals surface area contributed by atoms with E-state index in [2.05, 4.69) is 0 Å². The Hall–Kier alpha value is -1.55. The Morgan fingerprint density at radius 2 is 2.25 bits per heavy atom. The molecule has 0 amide bonds. The maximum atomic E-state index is 12.0. The van der Waals surface area contributed by atoms with E-state index in [0.29, 0.717) is 0 Å². The molecule has 2 atom stereocenters. The van der Waals surface area contributed by atoms with Crippen molar-refractivity contribution in [2.24, 2.45) is 0 Å². The molecule has 0 heterocycles. The topological polar surface area (TPSA) is 55.8 Å². The van der Waals surface area contributed by atoms with Crippen LogP contribution >= 0.6 is 0 Å². The summed E-state index contributed by atoms with van der Waals surface area (Å²) < 4.78 is 10.3. The highest BCUT2D eigenvalue weighted by Crippen LogP contribution is 2.41. The molecule has 4 heteroatoms. The second-order valence-corrected chi connectivity index (χ2v) is 5.38. The molecule has 0 aliphatic heterocycles. The van der Waals surface area contributed by atoms with E-state index in [1.807, 2.05) is 18.2 Å². The molecular weight excluding hydrogens is 256 g/mol. The fraction of sp³-hybridized carbons (Fsp3) is 0.562. The Balaban J connectivity index is 2.38. The lowest BCUT2D eigenvalue weighted by molar-refractivity contribution is -0.166. The minimum Gasteiger partial charge on any atom is -0.497 e. The highest BCUT2D eigenvalue weighted by molar-refractivity contribution is 5.80. The number of hydrogen-bond acceptors (Lipinski definition) is 4. The van der Waals surface area contributed by atoms with E-state index in [0.717, 1.165) is 30.6 Å². The summed E-state index contributed by atoms with van der Waals surface area (Å²) >= 11 is 0. The lowest BCUT2D eigenvalue weighted by Gasteiger charge is -2.35. The van der Waals surface area contributed by atoms with E-state index in [4.69, 9.17) is 9.47 Å². The van der Waals surface area contributed by atoms with Crippen LogP contribution in [0.3, 0.4) is 0 Å². The molecule has 0 saturated carbocycles. The number of fused-ring (bicyclic) bond motifs is 1.